The molecule has 2 atom stereocenters. The van der Waals surface area contributed by atoms with Crippen LogP contribution >= 0.6 is 0 Å². The molecule has 1 N–H and O–H groups in total. The summed E-state index contributed by atoms with van der Waals surface area (Å²) in [6, 6.07) is 8.43. The van der Waals surface area contributed by atoms with Crippen LogP contribution in [0.15, 0.2) is 24.3 Å². The fourth-order valence-corrected chi connectivity index (χ4v) is 4.59. The molecule has 4 nitrogen and oxygen atoms in total. The summed E-state index contributed by atoms with van der Waals surface area (Å²) in [5.74, 6) is 0.540. The zero-order chi connectivity index (χ0) is 15.0. The number of nitrogens with zero attached hydrogens (tertiary/aromatic N) is 1. The smallest absolute Gasteiger partial charge is 0.199 e. The van der Waals surface area contributed by atoms with E-state index in [1.807, 2.05) is 13.0 Å². The van der Waals surface area contributed by atoms with Crippen molar-refractivity contribution >= 4 is 10.2 Å². The minimum atomic E-state index is -3.38. The molecule has 1 aromatic carbocycles. The standard InChI is InChI=1S/C16H24N2O2S/c1-12(13-7-8-13)18(2)21(19,20)17-16-10-9-14-5-3-4-6-15(14)11-16/h3-6,12-13,16-17H,7-11H2,1-2H3/t12-,16+/m0/s1. The summed E-state index contributed by atoms with van der Waals surface area (Å²) in [6.45, 7) is 2.01. The van der Waals surface area contributed by atoms with Gasteiger partial charge in [0.25, 0.3) is 10.2 Å². The normalized spacial score (nSPS) is 23.9. The van der Waals surface area contributed by atoms with Gasteiger partial charge in [-0.15, -0.1) is 0 Å². The highest BCUT2D eigenvalue weighted by atomic mass is 32.2. The van der Waals surface area contributed by atoms with Crippen LogP contribution < -0.4 is 4.72 Å². The van der Waals surface area contributed by atoms with Crippen molar-refractivity contribution in [3.05, 3.63) is 35.4 Å². The van der Waals surface area contributed by atoms with Gasteiger partial charge in [-0.2, -0.15) is 17.4 Å². The number of hydrogen-bond acceptors (Lipinski definition) is 2. The highest BCUT2D eigenvalue weighted by Gasteiger charge is 2.36. The molecule has 1 fully saturated rings. The molecule has 0 heterocycles. The number of rotatable bonds is 5. The van der Waals surface area contributed by atoms with Gasteiger partial charge in [0, 0.05) is 19.1 Å². The second kappa shape index (κ2) is 5.71. The molecule has 0 radical (unpaired) electrons. The summed E-state index contributed by atoms with van der Waals surface area (Å²) in [5, 5.41) is 0. The molecule has 2 aliphatic carbocycles. The monoisotopic (exact) mass is 308 g/mol. The van der Waals surface area contributed by atoms with Gasteiger partial charge in [-0.25, -0.2) is 0 Å². The summed E-state index contributed by atoms with van der Waals surface area (Å²) in [6.07, 6.45) is 4.92. The third-order valence-corrected chi connectivity index (χ3v) is 6.64. The van der Waals surface area contributed by atoms with Crippen molar-refractivity contribution in [1.82, 2.24) is 9.03 Å². The van der Waals surface area contributed by atoms with E-state index in [4.69, 9.17) is 0 Å². The predicted molar refractivity (Wildman–Crippen MR) is 84.3 cm³/mol. The minimum Gasteiger partial charge on any atom is -0.199 e. The summed E-state index contributed by atoms with van der Waals surface area (Å²) in [4.78, 5) is 0. The molecule has 0 aromatic heterocycles. The zero-order valence-corrected chi connectivity index (χ0v) is 13.6. The Labute approximate surface area is 127 Å². The molecule has 0 bridgehead atoms. The molecule has 0 aliphatic heterocycles. The second-order valence-corrected chi connectivity index (χ2v) is 8.19. The van der Waals surface area contributed by atoms with Crippen LogP contribution in [0.25, 0.3) is 0 Å². The van der Waals surface area contributed by atoms with Gasteiger partial charge in [0.1, 0.15) is 0 Å². The fraction of sp³-hybridized carbons (Fsp3) is 0.625. The van der Waals surface area contributed by atoms with Crippen LogP contribution in [0.1, 0.15) is 37.3 Å². The number of nitrogens with one attached hydrogen (secondary N) is 1. The average Bonchev–Trinajstić information content (AvgIpc) is 3.30. The SMILES string of the molecule is C[C@@H](C1CC1)N(C)S(=O)(=O)N[C@@H]1CCc2ccccc2C1. The number of benzene rings is 1. The van der Waals surface area contributed by atoms with Crippen molar-refractivity contribution in [1.29, 1.82) is 0 Å². The number of aryl methyl sites for hydroxylation is 1. The highest BCUT2D eigenvalue weighted by molar-refractivity contribution is 7.87. The molecular formula is C16H24N2O2S. The van der Waals surface area contributed by atoms with E-state index in [1.165, 1.54) is 15.4 Å². The van der Waals surface area contributed by atoms with E-state index in [9.17, 15) is 8.42 Å². The third kappa shape index (κ3) is 3.30. The van der Waals surface area contributed by atoms with Gasteiger partial charge in [0.15, 0.2) is 0 Å². The fourth-order valence-electron chi connectivity index (χ4n) is 3.19. The van der Waals surface area contributed by atoms with Crippen LogP contribution in [-0.4, -0.2) is 31.9 Å². The Morgan fingerprint density at radius 2 is 1.86 bits per heavy atom. The molecule has 116 valence electrons. The molecule has 21 heavy (non-hydrogen) atoms. The van der Waals surface area contributed by atoms with Crippen molar-refractivity contribution in [3.63, 3.8) is 0 Å². The van der Waals surface area contributed by atoms with E-state index in [2.05, 4.69) is 22.9 Å². The van der Waals surface area contributed by atoms with Gasteiger partial charge >= 0.3 is 0 Å². The Morgan fingerprint density at radius 1 is 1.19 bits per heavy atom. The van der Waals surface area contributed by atoms with Gasteiger partial charge in [-0.1, -0.05) is 24.3 Å². The van der Waals surface area contributed by atoms with E-state index in [0.717, 1.165) is 32.1 Å². The Hall–Kier alpha value is -0.910. The maximum Gasteiger partial charge on any atom is 0.279 e. The van der Waals surface area contributed by atoms with Crippen LogP contribution in [0.3, 0.4) is 0 Å². The van der Waals surface area contributed by atoms with E-state index in [0.29, 0.717) is 5.92 Å². The average molecular weight is 308 g/mol. The first kappa shape index (κ1) is 15.0. The first-order chi connectivity index (χ1) is 9.97. The highest BCUT2D eigenvalue weighted by Crippen LogP contribution is 2.35. The van der Waals surface area contributed by atoms with Crippen LogP contribution in [0.5, 0.6) is 0 Å². The van der Waals surface area contributed by atoms with Crippen LogP contribution in [0, 0.1) is 5.92 Å². The van der Waals surface area contributed by atoms with Crippen molar-refractivity contribution in [2.75, 3.05) is 7.05 Å². The topological polar surface area (TPSA) is 49.4 Å². The Morgan fingerprint density at radius 3 is 2.52 bits per heavy atom. The molecule has 1 aromatic rings. The molecule has 1 saturated carbocycles. The van der Waals surface area contributed by atoms with E-state index in [1.54, 1.807) is 7.05 Å². The van der Waals surface area contributed by atoms with E-state index < -0.39 is 10.2 Å². The van der Waals surface area contributed by atoms with E-state index >= 15 is 0 Å². The third-order valence-electron chi connectivity index (χ3n) is 4.92. The summed E-state index contributed by atoms with van der Waals surface area (Å²) in [5.41, 5.74) is 2.63. The van der Waals surface area contributed by atoms with Crippen LogP contribution in [0.2, 0.25) is 0 Å². The Balaban J connectivity index is 1.66. The predicted octanol–water partition coefficient (Wildman–Crippen LogP) is 2.11. The van der Waals surface area contributed by atoms with Crippen molar-refractivity contribution in [2.45, 2.75) is 51.1 Å². The molecule has 0 amide bonds. The minimum absolute atomic E-state index is 0.0127. The summed E-state index contributed by atoms with van der Waals surface area (Å²) < 4.78 is 29.4. The maximum atomic E-state index is 12.5. The van der Waals surface area contributed by atoms with Crippen molar-refractivity contribution in [2.24, 2.45) is 5.92 Å². The van der Waals surface area contributed by atoms with Crippen molar-refractivity contribution in [3.8, 4) is 0 Å². The molecule has 2 aliphatic rings. The number of fused-ring (bicyclic) bond motifs is 1. The van der Waals surface area contributed by atoms with Crippen LogP contribution in [-0.2, 0) is 23.1 Å². The maximum absolute atomic E-state index is 12.5. The van der Waals surface area contributed by atoms with Crippen LogP contribution in [0.4, 0.5) is 0 Å². The van der Waals surface area contributed by atoms with Gasteiger partial charge in [-0.05, 0) is 56.1 Å². The molecule has 0 unspecified atom stereocenters. The number of hydrogen-bond donors (Lipinski definition) is 1. The summed E-state index contributed by atoms with van der Waals surface area (Å²) >= 11 is 0. The Bertz CT molecular complexity index is 610. The largest absolute Gasteiger partial charge is 0.279 e. The molecule has 5 heteroatoms. The van der Waals surface area contributed by atoms with Gasteiger partial charge < -0.3 is 0 Å². The van der Waals surface area contributed by atoms with E-state index in [-0.39, 0.29) is 12.1 Å². The second-order valence-electron chi connectivity index (χ2n) is 6.43. The lowest BCUT2D eigenvalue weighted by Gasteiger charge is -2.30. The zero-order valence-electron chi connectivity index (χ0n) is 12.7. The Kier molecular flexibility index (Phi) is 4.08. The molecule has 0 spiro atoms. The molecular weight excluding hydrogens is 284 g/mol. The van der Waals surface area contributed by atoms with Gasteiger partial charge in [0.2, 0.25) is 0 Å². The lowest BCUT2D eigenvalue weighted by molar-refractivity contribution is 0.345. The first-order valence-corrected chi connectivity index (χ1v) is 9.23. The van der Waals surface area contributed by atoms with Gasteiger partial charge in [-0.3, -0.25) is 0 Å². The first-order valence-electron chi connectivity index (χ1n) is 7.79. The lowest BCUT2D eigenvalue weighted by atomic mass is 9.89. The van der Waals surface area contributed by atoms with Crippen molar-refractivity contribution < 1.29 is 8.42 Å². The quantitative estimate of drug-likeness (QED) is 0.905. The summed E-state index contributed by atoms with van der Waals surface area (Å²) in [7, 11) is -1.69. The lowest BCUT2D eigenvalue weighted by Crippen LogP contribution is -2.48. The van der Waals surface area contributed by atoms with Gasteiger partial charge in [0.05, 0.1) is 0 Å². The molecule has 0 saturated heterocycles. The molecule has 3 rings (SSSR count).